The standard InChI is InChI=1S/C14H19ClN2O2S/c1-4-19-13(18)8-17(9(2)3)12-6-5-10(15)7-11(12)14(16)20/h5-7,9H,4,8H2,1-3H3,(H2,16,20). The van der Waals surface area contributed by atoms with Crippen LogP contribution in [-0.2, 0) is 9.53 Å². The summed E-state index contributed by atoms with van der Waals surface area (Å²) in [5, 5.41) is 0.552. The van der Waals surface area contributed by atoms with Crippen LogP contribution in [0.1, 0.15) is 26.3 Å². The molecule has 1 aromatic rings. The number of anilines is 1. The summed E-state index contributed by atoms with van der Waals surface area (Å²) < 4.78 is 5.00. The third-order valence-electron chi connectivity index (χ3n) is 2.76. The molecule has 0 spiro atoms. The molecule has 0 atom stereocenters. The highest BCUT2D eigenvalue weighted by Gasteiger charge is 2.19. The van der Waals surface area contributed by atoms with Gasteiger partial charge in [-0.05, 0) is 39.0 Å². The molecule has 0 saturated carbocycles. The second kappa shape index (κ2) is 7.45. The van der Waals surface area contributed by atoms with E-state index in [-0.39, 0.29) is 23.5 Å². The van der Waals surface area contributed by atoms with E-state index in [1.807, 2.05) is 24.8 Å². The van der Waals surface area contributed by atoms with Crippen molar-refractivity contribution in [3.05, 3.63) is 28.8 Å². The van der Waals surface area contributed by atoms with E-state index in [1.165, 1.54) is 0 Å². The third kappa shape index (κ3) is 4.35. The zero-order valence-electron chi connectivity index (χ0n) is 11.9. The highest BCUT2D eigenvalue weighted by atomic mass is 35.5. The number of ether oxygens (including phenoxy) is 1. The number of carbonyl (C=O) groups excluding carboxylic acids is 1. The van der Waals surface area contributed by atoms with Crippen LogP contribution in [0.2, 0.25) is 5.02 Å². The fraction of sp³-hybridized carbons (Fsp3) is 0.429. The monoisotopic (exact) mass is 314 g/mol. The molecule has 0 aliphatic heterocycles. The van der Waals surface area contributed by atoms with Crippen LogP contribution in [0, 0.1) is 0 Å². The molecule has 1 aromatic carbocycles. The van der Waals surface area contributed by atoms with Gasteiger partial charge in [0.15, 0.2) is 0 Å². The minimum absolute atomic E-state index is 0.0914. The summed E-state index contributed by atoms with van der Waals surface area (Å²) in [6.07, 6.45) is 0. The Morgan fingerprint density at radius 3 is 2.65 bits per heavy atom. The lowest BCUT2D eigenvalue weighted by Gasteiger charge is -2.29. The Labute approximate surface area is 129 Å². The number of nitrogens with zero attached hydrogens (tertiary/aromatic N) is 1. The lowest BCUT2D eigenvalue weighted by Crippen LogP contribution is -2.37. The van der Waals surface area contributed by atoms with Gasteiger partial charge in [0.1, 0.15) is 11.5 Å². The topological polar surface area (TPSA) is 55.6 Å². The van der Waals surface area contributed by atoms with Gasteiger partial charge in [-0.15, -0.1) is 0 Å². The maximum atomic E-state index is 11.7. The molecule has 0 heterocycles. The molecule has 20 heavy (non-hydrogen) atoms. The first-order valence-electron chi connectivity index (χ1n) is 6.38. The Morgan fingerprint density at radius 2 is 2.15 bits per heavy atom. The van der Waals surface area contributed by atoms with Crippen molar-refractivity contribution >= 4 is 40.5 Å². The molecule has 6 heteroatoms. The average molecular weight is 315 g/mol. The summed E-state index contributed by atoms with van der Waals surface area (Å²) in [4.78, 5) is 13.9. The number of hydrogen-bond donors (Lipinski definition) is 1. The maximum absolute atomic E-state index is 11.7. The van der Waals surface area contributed by atoms with Crippen molar-refractivity contribution in [2.45, 2.75) is 26.8 Å². The van der Waals surface area contributed by atoms with Crippen molar-refractivity contribution in [1.29, 1.82) is 0 Å². The minimum Gasteiger partial charge on any atom is -0.465 e. The van der Waals surface area contributed by atoms with E-state index >= 15 is 0 Å². The predicted octanol–water partition coefficient (Wildman–Crippen LogP) is 2.75. The molecular weight excluding hydrogens is 296 g/mol. The molecule has 0 bridgehead atoms. The fourth-order valence-electron chi connectivity index (χ4n) is 1.85. The first-order chi connectivity index (χ1) is 9.36. The van der Waals surface area contributed by atoms with Crippen LogP contribution < -0.4 is 10.6 Å². The highest BCUT2D eigenvalue weighted by molar-refractivity contribution is 7.80. The van der Waals surface area contributed by atoms with E-state index in [4.69, 9.17) is 34.3 Å². The molecular formula is C14H19ClN2O2S. The molecule has 110 valence electrons. The largest absolute Gasteiger partial charge is 0.465 e. The number of thiocarbonyl (C=S) groups is 1. The number of rotatable bonds is 6. The molecule has 0 aliphatic carbocycles. The summed E-state index contributed by atoms with van der Waals surface area (Å²) in [5.74, 6) is -0.287. The number of nitrogens with two attached hydrogens (primary N) is 1. The second-order valence-corrected chi connectivity index (χ2v) is 5.43. The average Bonchev–Trinajstić information content (AvgIpc) is 2.36. The van der Waals surface area contributed by atoms with Crippen molar-refractivity contribution in [3.8, 4) is 0 Å². The summed E-state index contributed by atoms with van der Waals surface area (Å²) in [5.41, 5.74) is 7.18. The van der Waals surface area contributed by atoms with Crippen molar-refractivity contribution in [1.82, 2.24) is 0 Å². The quantitative estimate of drug-likeness (QED) is 0.646. The molecule has 4 nitrogen and oxygen atoms in total. The minimum atomic E-state index is -0.287. The smallest absolute Gasteiger partial charge is 0.325 e. The van der Waals surface area contributed by atoms with Gasteiger partial charge in [-0.3, -0.25) is 4.79 Å². The van der Waals surface area contributed by atoms with Crippen molar-refractivity contribution in [2.75, 3.05) is 18.1 Å². The van der Waals surface area contributed by atoms with Gasteiger partial charge in [0.25, 0.3) is 0 Å². The molecule has 1 rings (SSSR count). The van der Waals surface area contributed by atoms with Crippen LogP contribution >= 0.6 is 23.8 Å². The van der Waals surface area contributed by atoms with Gasteiger partial charge >= 0.3 is 5.97 Å². The van der Waals surface area contributed by atoms with Crippen LogP contribution in [0.3, 0.4) is 0 Å². The Hall–Kier alpha value is -1.33. The number of benzene rings is 1. The number of esters is 1. The number of hydrogen-bond acceptors (Lipinski definition) is 4. The van der Waals surface area contributed by atoms with E-state index in [0.717, 1.165) is 5.69 Å². The molecule has 0 amide bonds. The Balaban J connectivity index is 3.15. The van der Waals surface area contributed by atoms with Crippen LogP contribution in [0.4, 0.5) is 5.69 Å². The maximum Gasteiger partial charge on any atom is 0.325 e. The summed E-state index contributed by atoms with van der Waals surface area (Å²) in [7, 11) is 0. The van der Waals surface area contributed by atoms with E-state index in [1.54, 1.807) is 19.1 Å². The first kappa shape index (κ1) is 16.7. The van der Waals surface area contributed by atoms with Crippen molar-refractivity contribution < 1.29 is 9.53 Å². The van der Waals surface area contributed by atoms with Gasteiger partial charge in [-0.25, -0.2) is 0 Å². The third-order valence-corrected chi connectivity index (χ3v) is 3.22. The second-order valence-electron chi connectivity index (χ2n) is 4.55. The zero-order valence-corrected chi connectivity index (χ0v) is 13.4. The SMILES string of the molecule is CCOC(=O)CN(c1ccc(Cl)cc1C(N)=S)C(C)C. The number of carbonyl (C=O) groups is 1. The first-order valence-corrected chi connectivity index (χ1v) is 7.17. The van der Waals surface area contributed by atoms with Gasteiger partial charge in [0.05, 0.1) is 6.61 Å². The molecule has 2 N–H and O–H groups in total. The lowest BCUT2D eigenvalue weighted by molar-refractivity contribution is -0.141. The van der Waals surface area contributed by atoms with Gasteiger partial charge in [-0.1, -0.05) is 23.8 Å². The van der Waals surface area contributed by atoms with Crippen LogP contribution in [0.5, 0.6) is 0 Å². The molecule has 0 fully saturated rings. The van der Waals surface area contributed by atoms with E-state index in [9.17, 15) is 4.79 Å². The van der Waals surface area contributed by atoms with Gasteiger partial charge in [0, 0.05) is 22.3 Å². The van der Waals surface area contributed by atoms with E-state index < -0.39 is 0 Å². The molecule has 0 aliphatic rings. The van der Waals surface area contributed by atoms with Crippen LogP contribution in [-0.4, -0.2) is 30.2 Å². The van der Waals surface area contributed by atoms with Crippen molar-refractivity contribution in [3.63, 3.8) is 0 Å². The van der Waals surface area contributed by atoms with E-state index in [2.05, 4.69) is 0 Å². The Kier molecular flexibility index (Phi) is 6.23. The molecule has 0 radical (unpaired) electrons. The van der Waals surface area contributed by atoms with E-state index in [0.29, 0.717) is 17.2 Å². The number of halogens is 1. The van der Waals surface area contributed by atoms with Gasteiger partial charge in [0.2, 0.25) is 0 Å². The normalized spacial score (nSPS) is 10.4. The highest BCUT2D eigenvalue weighted by Crippen LogP contribution is 2.26. The molecule has 0 aromatic heterocycles. The Bertz CT molecular complexity index is 506. The van der Waals surface area contributed by atoms with Gasteiger partial charge < -0.3 is 15.4 Å². The molecule has 0 unspecified atom stereocenters. The van der Waals surface area contributed by atoms with Gasteiger partial charge in [-0.2, -0.15) is 0 Å². The zero-order chi connectivity index (χ0) is 15.3. The predicted molar refractivity (Wildman–Crippen MR) is 86.5 cm³/mol. The summed E-state index contributed by atoms with van der Waals surface area (Å²) >= 11 is 11.0. The molecule has 0 saturated heterocycles. The van der Waals surface area contributed by atoms with Crippen LogP contribution in [0.25, 0.3) is 0 Å². The summed E-state index contributed by atoms with van der Waals surface area (Å²) in [6.45, 7) is 6.24. The fourth-order valence-corrected chi connectivity index (χ4v) is 2.18. The van der Waals surface area contributed by atoms with Crippen molar-refractivity contribution in [2.24, 2.45) is 5.73 Å². The Morgan fingerprint density at radius 1 is 1.50 bits per heavy atom. The van der Waals surface area contributed by atoms with Crippen LogP contribution in [0.15, 0.2) is 18.2 Å². The lowest BCUT2D eigenvalue weighted by atomic mass is 10.1. The summed E-state index contributed by atoms with van der Waals surface area (Å²) in [6, 6.07) is 5.36.